The molecule has 3 aromatic carbocycles. The molecule has 4 rings (SSSR count). The van der Waals surface area contributed by atoms with Crippen LogP contribution in [-0.2, 0) is 9.59 Å². The van der Waals surface area contributed by atoms with E-state index in [1.54, 1.807) is 36.4 Å². The number of hydrogen-bond donors (Lipinski definition) is 3. The average Bonchev–Trinajstić information content (AvgIpc) is 2.79. The Morgan fingerprint density at radius 2 is 1.61 bits per heavy atom. The molecule has 0 fully saturated rings. The molecular formula is C25H20N2O6. The highest BCUT2D eigenvalue weighted by Gasteiger charge is 2.14. The molecule has 33 heavy (non-hydrogen) atoms. The van der Waals surface area contributed by atoms with Crippen molar-refractivity contribution in [2.75, 3.05) is 17.2 Å². The number of hydrogen-bond acceptors (Lipinski definition) is 6. The van der Waals surface area contributed by atoms with Crippen LogP contribution in [0, 0.1) is 0 Å². The summed E-state index contributed by atoms with van der Waals surface area (Å²) in [6.07, 6.45) is 0. The van der Waals surface area contributed by atoms with E-state index in [1.165, 1.54) is 25.1 Å². The molecule has 0 atom stereocenters. The van der Waals surface area contributed by atoms with Gasteiger partial charge < -0.3 is 24.9 Å². The first-order valence-electron chi connectivity index (χ1n) is 10.1. The molecule has 3 N–H and O–H groups in total. The summed E-state index contributed by atoms with van der Waals surface area (Å²) in [7, 11) is 0. The van der Waals surface area contributed by atoms with Gasteiger partial charge in [-0.15, -0.1) is 0 Å². The lowest BCUT2D eigenvalue weighted by atomic mass is 10.1. The zero-order valence-electron chi connectivity index (χ0n) is 17.6. The van der Waals surface area contributed by atoms with Gasteiger partial charge in [0, 0.05) is 42.1 Å². The third kappa shape index (κ3) is 5.19. The first-order valence-corrected chi connectivity index (χ1v) is 10.1. The van der Waals surface area contributed by atoms with E-state index in [-0.39, 0.29) is 40.4 Å². The molecule has 166 valence electrons. The molecule has 1 aromatic heterocycles. The Labute approximate surface area is 188 Å². The highest BCUT2D eigenvalue weighted by Crippen LogP contribution is 2.31. The predicted molar refractivity (Wildman–Crippen MR) is 124 cm³/mol. The van der Waals surface area contributed by atoms with Crippen molar-refractivity contribution in [3.63, 3.8) is 0 Å². The normalized spacial score (nSPS) is 10.6. The predicted octanol–water partition coefficient (Wildman–Crippen LogP) is 4.14. The van der Waals surface area contributed by atoms with Gasteiger partial charge in [-0.05, 0) is 24.3 Å². The second-order valence-electron chi connectivity index (χ2n) is 7.25. The average molecular weight is 444 g/mol. The van der Waals surface area contributed by atoms with Crippen LogP contribution < -0.4 is 20.8 Å². The van der Waals surface area contributed by atoms with E-state index in [1.807, 2.05) is 18.2 Å². The van der Waals surface area contributed by atoms with Crippen molar-refractivity contribution < 1.29 is 23.8 Å². The number of amides is 2. The van der Waals surface area contributed by atoms with Gasteiger partial charge in [0.05, 0.1) is 0 Å². The van der Waals surface area contributed by atoms with Crippen LogP contribution in [0.1, 0.15) is 6.92 Å². The lowest BCUT2D eigenvalue weighted by Crippen LogP contribution is -2.20. The van der Waals surface area contributed by atoms with Gasteiger partial charge in [0.1, 0.15) is 28.2 Å². The molecule has 0 bridgehead atoms. The fraction of sp³-hybridized carbons (Fsp3) is 0.0800. The van der Waals surface area contributed by atoms with Gasteiger partial charge in [-0.1, -0.05) is 30.3 Å². The molecule has 2 amide bonds. The maximum absolute atomic E-state index is 12.5. The number of carbonyl (C=O) groups excluding carboxylic acids is 2. The highest BCUT2D eigenvalue weighted by atomic mass is 16.5. The number of rotatable bonds is 6. The van der Waals surface area contributed by atoms with E-state index in [0.717, 1.165) is 0 Å². The Balaban J connectivity index is 1.48. The van der Waals surface area contributed by atoms with E-state index in [9.17, 15) is 19.5 Å². The third-order valence-corrected chi connectivity index (χ3v) is 4.70. The number of phenolic OH excluding ortho intramolecular Hbond substituents is 1. The van der Waals surface area contributed by atoms with Crippen molar-refractivity contribution in [2.45, 2.75) is 6.92 Å². The first-order chi connectivity index (χ1) is 15.9. The lowest BCUT2D eigenvalue weighted by Gasteiger charge is -2.10. The van der Waals surface area contributed by atoms with Gasteiger partial charge >= 0.3 is 0 Å². The number of benzene rings is 3. The Morgan fingerprint density at radius 1 is 0.939 bits per heavy atom. The van der Waals surface area contributed by atoms with E-state index in [2.05, 4.69) is 10.6 Å². The van der Waals surface area contributed by atoms with E-state index in [0.29, 0.717) is 22.7 Å². The van der Waals surface area contributed by atoms with Crippen LogP contribution in [0.25, 0.3) is 22.3 Å². The van der Waals surface area contributed by atoms with Crippen LogP contribution in [0.3, 0.4) is 0 Å². The maximum atomic E-state index is 12.5. The summed E-state index contributed by atoms with van der Waals surface area (Å²) in [6, 6.07) is 19.7. The molecule has 0 aliphatic carbocycles. The number of phenols is 1. The van der Waals surface area contributed by atoms with E-state index in [4.69, 9.17) is 9.15 Å². The van der Waals surface area contributed by atoms with Crippen molar-refractivity contribution in [1.29, 1.82) is 0 Å². The number of fused-ring (bicyclic) bond motifs is 1. The lowest BCUT2D eigenvalue weighted by molar-refractivity contribution is -0.118. The summed E-state index contributed by atoms with van der Waals surface area (Å²) in [5.74, 6) is -0.397. The SMILES string of the molecule is CC(=O)Nc1ccc(NC(=O)COc2cc(O)c3c(=O)cc(-c4ccccc4)oc3c2)cc1. The number of aromatic hydroxyl groups is 1. The molecule has 0 spiro atoms. The summed E-state index contributed by atoms with van der Waals surface area (Å²) in [5, 5.41) is 15.7. The summed E-state index contributed by atoms with van der Waals surface area (Å²) in [4.78, 5) is 35.8. The fourth-order valence-electron chi connectivity index (χ4n) is 3.26. The van der Waals surface area contributed by atoms with Crippen LogP contribution >= 0.6 is 0 Å². The monoisotopic (exact) mass is 444 g/mol. The minimum absolute atomic E-state index is 0.0331. The maximum Gasteiger partial charge on any atom is 0.262 e. The van der Waals surface area contributed by atoms with Crippen LogP contribution in [0.5, 0.6) is 11.5 Å². The van der Waals surface area contributed by atoms with Crippen molar-refractivity contribution in [2.24, 2.45) is 0 Å². The molecule has 0 saturated carbocycles. The van der Waals surface area contributed by atoms with Crippen molar-refractivity contribution >= 4 is 34.2 Å². The van der Waals surface area contributed by atoms with Crippen molar-refractivity contribution in [3.8, 4) is 22.8 Å². The summed E-state index contributed by atoms with van der Waals surface area (Å²) < 4.78 is 11.3. The number of nitrogens with one attached hydrogen (secondary N) is 2. The van der Waals surface area contributed by atoms with Gasteiger partial charge in [0.25, 0.3) is 5.91 Å². The Morgan fingerprint density at radius 3 is 2.27 bits per heavy atom. The van der Waals surface area contributed by atoms with Gasteiger partial charge in [-0.3, -0.25) is 14.4 Å². The van der Waals surface area contributed by atoms with E-state index >= 15 is 0 Å². The summed E-state index contributed by atoms with van der Waals surface area (Å²) in [6.45, 7) is 1.08. The topological polar surface area (TPSA) is 118 Å². The zero-order valence-corrected chi connectivity index (χ0v) is 17.6. The second kappa shape index (κ2) is 9.27. The van der Waals surface area contributed by atoms with Crippen molar-refractivity contribution in [1.82, 2.24) is 0 Å². The number of anilines is 2. The summed E-state index contributed by atoms with van der Waals surface area (Å²) >= 11 is 0. The molecule has 0 saturated heterocycles. The Bertz CT molecular complexity index is 1380. The van der Waals surface area contributed by atoms with E-state index < -0.39 is 5.91 Å². The second-order valence-corrected chi connectivity index (χ2v) is 7.25. The fourth-order valence-corrected chi connectivity index (χ4v) is 3.26. The summed E-state index contributed by atoms with van der Waals surface area (Å²) in [5.41, 5.74) is 1.61. The minimum atomic E-state index is -0.429. The third-order valence-electron chi connectivity index (χ3n) is 4.70. The molecule has 0 aliphatic rings. The molecule has 0 radical (unpaired) electrons. The minimum Gasteiger partial charge on any atom is -0.507 e. The first kappa shape index (κ1) is 21.6. The number of ether oxygens (including phenoxy) is 1. The van der Waals surface area contributed by atoms with Crippen molar-refractivity contribution in [3.05, 3.63) is 83.0 Å². The molecule has 0 unspecified atom stereocenters. The molecule has 8 heteroatoms. The van der Waals surface area contributed by atoms with Gasteiger partial charge in [0.15, 0.2) is 12.0 Å². The van der Waals surface area contributed by atoms with Gasteiger partial charge in [-0.25, -0.2) is 0 Å². The molecular weight excluding hydrogens is 424 g/mol. The molecule has 4 aromatic rings. The van der Waals surface area contributed by atoms with Crippen LogP contribution in [-0.4, -0.2) is 23.5 Å². The largest absolute Gasteiger partial charge is 0.507 e. The molecule has 8 nitrogen and oxygen atoms in total. The standard InChI is InChI=1S/C25H20N2O6/c1-15(28)26-17-7-9-18(10-8-17)27-24(31)14-32-19-11-20(29)25-21(30)13-22(33-23(25)12-19)16-5-3-2-4-6-16/h2-13,29H,14H2,1H3,(H,26,28)(H,27,31). The number of carbonyl (C=O) groups is 2. The van der Waals surface area contributed by atoms with Gasteiger partial charge in [-0.2, -0.15) is 0 Å². The Kier molecular flexibility index (Phi) is 6.08. The molecule has 1 heterocycles. The quantitative estimate of drug-likeness (QED) is 0.411. The zero-order chi connectivity index (χ0) is 23.4. The Hall–Kier alpha value is -4.59. The highest BCUT2D eigenvalue weighted by molar-refractivity contribution is 5.93. The van der Waals surface area contributed by atoms with Crippen LogP contribution in [0.15, 0.2) is 82.0 Å². The van der Waals surface area contributed by atoms with Gasteiger partial charge in [0.2, 0.25) is 5.91 Å². The van der Waals surface area contributed by atoms with Crippen LogP contribution in [0.4, 0.5) is 11.4 Å². The van der Waals surface area contributed by atoms with Crippen LogP contribution in [0.2, 0.25) is 0 Å². The molecule has 0 aliphatic heterocycles. The smallest absolute Gasteiger partial charge is 0.262 e.